The number of fused-ring (bicyclic) bond motifs is 1. The van der Waals surface area contributed by atoms with Crippen molar-refractivity contribution in [3.8, 4) is 0 Å². The number of imidazole rings is 1. The van der Waals surface area contributed by atoms with Crippen LogP contribution in [0.4, 0.5) is 5.82 Å². The lowest BCUT2D eigenvalue weighted by Crippen LogP contribution is -2.25. The van der Waals surface area contributed by atoms with E-state index in [2.05, 4.69) is 28.8 Å². The molecule has 6 heteroatoms. The van der Waals surface area contributed by atoms with Gasteiger partial charge in [-0.1, -0.05) is 13.8 Å². The minimum atomic E-state index is -0.125. The van der Waals surface area contributed by atoms with E-state index < -0.39 is 0 Å². The van der Waals surface area contributed by atoms with Crippen LogP contribution in [-0.2, 0) is 11.3 Å². The predicted molar refractivity (Wildman–Crippen MR) is 67.9 cm³/mol. The molecule has 1 fully saturated rings. The first-order valence-electron chi connectivity index (χ1n) is 5.96. The minimum absolute atomic E-state index is 0.125. The topological polar surface area (TPSA) is 78.9 Å². The van der Waals surface area contributed by atoms with E-state index in [4.69, 9.17) is 10.5 Å². The molecule has 1 unspecified atom stereocenters. The van der Waals surface area contributed by atoms with E-state index in [0.29, 0.717) is 11.3 Å². The van der Waals surface area contributed by atoms with Crippen LogP contribution in [0.2, 0.25) is 0 Å². The van der Waals surface area contributed by atoms with Gasteiger partial charge in [0.2, 0.25) is 0 Å². The normalized spacial score (nSPS) is 25.5. The summed E-state index contributed by atoms with van der Waals surface area (Å²) in [6, 6.07) is 0. The van der Waals surface area contributed by atoms with Gasteiger partial charge in [0.15, 0.2) is 11.5 Å². The van der Waals surface area contributed by atoms with E-state index >= 15 is 0 Å². The third kappa shape index (κ3) is 1.42. The molecule has 3 rings (SSSR count). The van der Waals surface area contributed by atoms with E-state index in [9.17, 15) is 0 Å². The van der Waals surface area contributed by atoms with Crippen LogP contribution in [0.1, 0.15) is 20.3 Å². The maximum absolute atomic E-state index is 5.78. The quantitative estimate of drug-likeness (QED) is 0.882. The molecule has 2 aromatic heterocycles. The highest BCUT2D eigenvalue weighted by molar-refractivity contribution is 5.81. The maximum Gasteiger partial charge on any atom is 0.165 e. The molecule has 1 aliphatic carbocycles. The van der Waals surface area contributed by atoms with Crippen LogP contribution >= 0.6 is 0 Å². The van der Waals surface area contributed by atoms with Crippen molar-refractivity contribution in [1.29, 1.82) is 0 Å². The van der Waals surface area contributed by atoms with Crippen molar-refractivity contribution < 1.29 is 4.74 Å². The molecule has 6 nitrogen and oxygen atoms in total. The fourth-order valence-electron chi connectivity index (χ4n) is 2.64. The lowest BCUT2D eigenvalue weighted by atomic mass is 10.1. The number of methoxy groups -OCH3 is 1. The molecule has 0 spiro atoms. The third-order valence-electron chi connectivity index (χ3n) is 4.08. The van der Waals surface area contributed by atoms with E-state index in [0.717, 1.165) is 18.6 Å². The van der Waals surface area contributed by atoms with Crippen LogP contribution < -0.4 is 5.73 Å². The van der Waals surface area contributed by atoms with Crippen LogP contribution in [0.15, 0.2) is 12.7 Å². The maximum atomic E-state index is 5.78. The highest BCUT2D eigenvalue weighted by atomic mass is 16.5. The highest BCUT2D eigenvalue weighted by Crippen LogP contribution is 2.58. The Labute approximate surface area is 105 Å². The summed E-state index contributed by atoms with van der Waals surface area (Å²) in [6.45, 7) is 5.15. The molecular weight excluding hydrogens is 230 g/mol. The molecule has 18 heavy (non-hydrogen) atoms. The van der Waals surface area contributed by atoms with Crippen LogP contribution in [-0.4, -0.2) is 32.2 Å². The van der Waals surface area contributed by atoms with Crippen molar-refractivity contribution in [2.45, 2.75) is 32.4 Å². The number of hydrogen-bond acceptors (Lipinski definition) is 5. The van der Waals surface area contributed by atoms with Gasteiger partial charge >= 0.3 is 0 Å². The molecule has 2 heterocycles. The molecule has 0 radical (unpaired) electrons. The average molecular weight is 247 g/mol. The number of hydrogen-bond donors (Lipinski definition) is 1. The standard InChI is InChI=1S/C12H17N5O/c1-11(2)4-12(11,18-3)5-17-7-16-8-9(13)14-6-15-10(8)17/h6-7H,4-5H2,1-3H3,(H2,13,14,15). The van der Waals surface area contributed by atoms with Crippen molar-refractivity contribution in [3.63, 3.8) is 0 Å². The minimum Gasteiger partial charge on any atom is -0.382 e. The van der Waals surface area contributed by atoms with Gasteiger partial charge in [-0.3, -0.25) is 0 Å². The molecule has 1 atom stereocenters. The second kappa shape index (κ2) is 3.41. The van der Waals surface area contributed by atoms with Crippen molar-refractivity contribution in [1.82, 2.24) is 19.5 Å². The summed E-state index contributed by atoms with van der Waals surface area (Å²) in [6.07, 6.45) is 4.26. The summed E-state index contributed by atoms with van der Waals surface area (Å²) in [5.74, 6) is 0.417. The zero-order valence-electron chi connectivity index (χ0n) is 10.8. The molecule has 96 valence electrons. The van der Waals surface area contributed by atoms with E-state index in [1.165, 1.54) is 6.33 Å². The SMILES string of the molecule is COC1(Cn2cnc3c(N)ncnc32)CC1(C)C. The zero-order chi connectivity index (χ0) is 13.0. The van der Waals surface area contributed by atoms with Crippen molar-refractivity contribution >= 4 is 17.0 Å². The lowest BCUT2D eigenvalue weighted by Gasteiger charge is -2.19. The van der Waals surface area contributed by atoms with Crippen LogP contribution in [0, 0.1) is 5.41 Å². The van der Waals surface area contributed by atoms with Gasteiger partial charge in [0.25, 0.3) is 0 Å². The lowest BCUT2D eigenvalue weighted by molar-refractivity contribution is 0.0350. The van der Waals surface area contributed by atoms with Crippen LogP contribution in [0.25, 0.3) is 11.2 Å². The second-order valence-corrected chi connectivity index (χ2v) is 5.56. The zero-order valence-corrected chi connectivity index (χ0v) is 10.8. The Morgan fingerprint density at radius 3 is 2.72 bits per heavy atom. The summed E-state index contributed by atoms with van der Waals surface area (Å²) >= 11 is 0. The second-order valence-electron chi connectivity index (χ2n) is 5.56. The van der Waals surface area contributed by atoms with Gasteiger partial charge in [0.1, 0.15) is 11.8 Å². The number of nitrogen functional groups attached to an aromatic ring is 1. The molecule has 0 bridgehead atoms. The van der Waals surface area contributed by atoms with Crippen LogP contribution in [0.3, 0.4) is 0 Å². The number of nitrogens with two attached hydrogens (primary N) is 1. The van der Waals surface area contributed by atoms with Gasteiger partial charge < -0.3 is 15.0 Å². The summed E-state index contributed by atoms with van der Waals surface area (Å²) < 4.78 is 7.68. The predicted octanol–water partition coefficient (Wildman–Crippen LogP) is 1.22. The summed E-state index contributed by atoms with van der Waals surface area (Å²) in [5, 5.41) is 0. The number of anilines is 1. The molecule has 1 saturated carbocycles. The number of aromatic nitrogens is 4. The Balaban J connectivity index is 2.00. The van der Waals surface area contributed by atoms with E-state index in [-0.39, 0.29) is 11.0 Å². The monoisotopic (exact) mass is 247 g/mol. The first-order chi connectivity index (χ1) is 8.49. The smallest absolute Gasteiger partial charge is 0.165 e. The summed E-state index contributed by atoms with van der Waals surface area (Å²) in [7, 11) is 1.76. The number of ether oxygens (including phenoxy) is 1. The van der Waals surface area contributed by atoms with Crippen LogP contribution in [0.5, 0.6) is 0 Å². The van der Waals surface area contributed by atoms with E-state index in [1.807, 2.05) is 4.57 Å². The molecular formula is C12H17N5O. The highest BCUT2D eigenvalue weighted by Gasteiger charge is 2.62. The Morgan fingerprint density at radius 1 is 1.39 bits per heavy atom. The molecule has 0 aromatic carbocycles. The molecule has 0 amide bonds. The first-order valence-corrected chi connectivity index (χ1v) is 5.96. The van der Waals surface area contributed by atoms with Gasteiger partial charge in [-0.25, -0.2) is 15.0 Å². The Morgan fingerprint density at radius 2 is 2.11 bits per heavy atom. The van der Waals surface area contributed by atoms with Gasteiger partial charge in [-0.15, -0.1) is 0 Å². The van der Waals surface area contributed by atoms with Gasteiger partial charge in [-0.2, -0.15) is 0 Å². The fraction of sp³-hybridized carbons (Fsp3) is 0.583. The first kappa shape index (κ1) is 11.4. The molecule has 0 aliphatic heterocycles. The van der Waals surface area contributed by atoms with Crippen molar-refractivity contribution in [2.24, 2.45) is 5.41 Å². The Hall–Kier alpha value is -1.69. The van der Waals surface area contributed by atoms with Gasteiger partial charge in [0.05, 0.1) is 18.5 Å². The number of rotatable bonds is 3. The molecule has 2 aromatic rings. The Bertz CT molecular complexity index is 606. The fourth-order valence-corrected chi connectivity index (χ4v) is 2.64. The summed E-state index contributed by atoms with van der Waals surface area (Å²) in [5.41, 5.74) is 7.26. The van der Waals surface area contributed by atoms with Crippen molar-refractivity contribution in [3.05, 3.63) is 12.7 Å². The third-order valence-corrected chi connectivity index (χ3v) is 4.08. The Kier molecular flexibility index (Phi) is 2.16. The molecule has 0 saturated heterocycles. The van der Waals surface area contributed by atoms with Gasteiger partial charge in [-0.05, 0) is 11.8 Å². The van der Waals surface area contributed by atoms with E-state index in [1.54, 1.807) is 13.4 Å². The van der Waals surface area contributed by atoms with Gasteiger partial charge in [0, 0.05) is 7.11 Å². The largest absolute Gasteiger partial charge is 0.382 e. The molecule has 1 aliphatic rings. The number of nitrogens with zero attached hydrogens (tertiary/aromatic N) is 4. The summed E-state index contributed by atoms with van der Waals surface area (Å²) in [4.78, 5) is 12.5. The van der Waals surface area contributed by atoms with Crippen molar-refractivity contribution in [2.75, 3.05) is 12.8 Å². The molecule has 2 N–H and O–H groups in total. The average Bonchev–Trinajstić information content (AvgIpc) is 2.69.